The second-order valence-electron chi connectivity index (χ2n) is 4.90. The van der Waals surface area contributed by atoms with E-state index < -0.39 is 0 Å². The van der Waals surface area contributed by atoms with Crippen LogP contribution in [-0.2, 0) is 0 Å². The molecule has 2 N–H and O–H groups in total. The van der Waals surface area contributed by atoms with Gasteiger partial charge in [-0.1, -0.05) is 0 Å². The number of piperidine rings is 1. The summed E-state index contributed by atoms with van der Waals surface area (Å²) >= 11 is 0. The van der Waals surface area contributed by atoms with E-state index >= 15 is 0 Å². The number of rotatable bonds is 1. The number of aryl methyl sites for hydroxylation is 1. The molecule has 1 saturated heterocycles. The number of nitrogens with one attached hydrogen (secondary N) is 2. The van der Waals surface area contributed by atoms with Gasteiger partial charge in [-0.05, 0) is 50.1 Å². The van der Waals surface area contributed by atoms with Crippen LogP contribution >= 0.6 is 0 Å². The normalized spacial score (nSPS) is 20.9. The summed E-state index contributed by atoms with van der Waals surface area (Å²) in [5.41, 5.74) is 3.47. The van der Waals surface area contributed by atoms with E-state index in [0.717, 1.165) is 24.0 Å². The molecule has 1 fully saturated rings. The lowest BCUT2D eigenvalue weighted by Gasteiger charge is -2.22. The Labute approximate surface area is 100 Å². The van der Waals surface area contributed by atoms with Crippen molar-refractivity contribution in [2.45, 2.75) is 25.7 Å². The highest BCUT2D eigenvalue weighted by molar-refractivity contribution is 5.84. The van der Waals surface area contributed by atoms with Crippen molar-refractivity contribution in [3.8, 4) is 0 Å². The van der Waals surface area contributed by atoms with Crippen LogP contribution in [0.1, 0.15) is 30.0 Å². The molecule has 1 aliphatic heterocycles. The van der Waals surface area contributed by atoms with Crippen molar-refractivity contribution in [1.29, 1.82) is 0 Å². The Bertz CT molecular complexity index is 538. The van der Waals surface area contributed by atoms with Crippen LogP contribution in [0, 0.1) is 12.7 Å². The molecular formula is C14H17FN2. The standard InChI is InChI=1S/C14H17FN2/c1-9-12-5-4-11(15)7-13(12)17-14(9)10-3-2-6-16-8-10/h4-5,7,10,16-17H,2-3,6,8H2,1H3. The quantitative estimate of drug-likeness (QED) is 0.777. The van der Waals surface area contributed by atoms with E-state index in [0.29, 0.717) is 5.92 Å². The summed E-state index contributed by atoms with van der Waals surface area (Å²) in [6, 6.07) is 4.99. The minimum absolute atomic E-state index is 0.174. The zero-order valence-electron chi connectivity index (χ0n) is 10.0. The molecule has 3 heteroatoms. The summed E-state index contributed by atoms with van der Waals surface area (Å²) in [4.78, 5) is 3.39. The highest BCUT2D eigenvalue weighted by Gasteiger charge is 2.20. The van der Waals surface area contributed by atoms with Gasteiger partial charge in [-0.2, -0.15) is 0 Å². The van der Waals surface area contributed by atoms with E-state index in [1.807, 2.05) is 6.07 Å². The highest BCUT2D eigenvalue weighted by atomic mass is 19.1. The maximum atomic E-state index is 13.2. The van der Waals surface area contributed by atoms with Crippen molar-refractivity contribution in [2.75, 3.05) is 13.1 Å². The van der Waals surface area contributed by atoms with Gasteiger partial charge in [-0.15, -0.1) is 0 Å². The van der Waals surface area contributed by atoms with Crippen molar-refractivity contribution in [3.63, 3.8) is 0 Å². The Morgan fingerprint density at radius 3 is 3.00 bits per heavy atom. The molecule has 2 nitrogen and oxygen atoms in total. The fourth-order valence-electron chi connectivity index (χ4n) is 2.84. The zero-order chi connectivity index (χ0) is 11.8. The summed E-state index contributed by atoms with van der Waals surface area (Å²) < 4.78 is 13.2. The van der Waals surface area contributed by atoms with Crippen molar-refractivity contribution in [1.82, 2.24) is 10.3 Å². The largest absolute Gasteiger partial charge is 0.358 e. The van der Waals surface area contributed by atoms with Gasteiger partial charge in [0.05, 0.1) is 0 Å². The topological polar surface area (TPSA) is 27.8 Å². The van der Waals surface area contributed by atoms with Crippen LogP contribution in [-0.4, -0.2) is 18.1 Å². The van der Waals surface area contributed by atoms with Crippen molar-refractivity contribution in [2.24, 2.45) is 0 Å². The fourth-order valence-corrected chi connectivity index (χ4v) is 2.84. The second kappa shape index (κ2) is 4.15. The van der Waals surface area contributed by atoms with Gasteiger partial charge in [0.2, 0.25) is 0 Å². The monoisotopic (exact) mass is 232 g/mol. The van der Waals surface area contributed by atoms with Gasteiger partial charge in [-0.3, -0.25) is 0 Å². The van der Waals surface area contributed by atoms with Gasteiger partial charge in [0.15, 0.2) is 0 Å². The lowest BCUT2D eigenvalue weighted by atomic mass is 9.93. The second-order valence-corrected chi connectivity index (χ2v) is 4.90. The van der Waals surface area contributed by atoms with Crippen LogP contribution in [0.25, 0.3) is 10.9 Å². The van der Waals surface area contributed by atoms with Gasteiger partial charge >= 0.3 is 0 Å². The number of halogens is 1. The van der Waals surface area contributed by atoms with E-state index in [4.69, 9.17) is 0 Å². The van der Waals surface area contributed by atoms with Gasteiger partial charge in [0, 0.05) is 29.1 Å². The Morgan fingerprint density at radius 2 is 2.24 bits per heavy atom. The first kappa shape index (κ1) is 10.8. The molecule has 1 atom stereocenters. The third kappa shape index (κ3) is 1.84. The van der Waals surface area contributed by atoms with Crippen molar-refractivity contribution >= 4 is 10.9 Å². The predicted octanol–water partition coefficient (Wildman–Crippen LogP) is 3.08. The van der Waals surface area contributed by atoms with Gasteiger partial charge in [-0.25, -0.2) is 4.39 Å². The first-order valence-corrected chi connectivity index (χ1v) is 6.24. The van der Waals surface area contributed by atoms with Gasteiger partial charge in [0.25, 0.3) is 0 Å². The van der Waals surface area contributed by atoms with E-state index in [1.165, 1.54) is 30.2 Å². The van der Waals surface area contributed by atoms with Crippen LogP contribution in [0.4, 0.5) is 4.39 Å². The van der Waals surface area contributed by atoms with Crippen LogP contribution in [0.15, 0.2) is 18.2 Å². The number of fused-ring (bicyclic) bond motifs is 1. The molecule has 0 amide bonds. The van der Waals surface area contributed by atoms with Crippen LogP contribution in [0.2, 0.25) is 0 Å². The van der Waals surface area contributed by atoms with Crippen molar-refractivity contribution < 1.29 is 4.39 Å². The lowest BCUT2D eigenvalue weighted by Crippen LogP contribution is -2.28. The molecule has 1 aliphatic rings. The summed E-state index contributed by atoms with van der Waals surface area (Å²) in [5, 5.41) is 4.57. The fraction of sp³-hybridized carbons (Fsp3) is 0.429. The molecule has 2 heterocycles. The molecule has 0 bridgehead atoms. The summed E-state index contributed by atoms with van der Waals surface area (Å²) in [7, 11) is 0. The molecule has 0 radical (unpaired) electrons. The first-order chi connectivity index (χ1) is 8.25. The number of benzene rings is 1. The van der Waals surface area contributed by atoms with Gasteiger partial charge in [0.1, 0.15) is 5.82 Å². The molecule has 1 unspecified atom stereocenters. The molecule has 17 heavy (non-hydrogen) atoms. The van der Waals surface area contributed by atoms with Crippen molar-refractivity contribution in [3.05, 3.63) is 35.3 Å². The molecule has 3 rings (SSSR count). The number of aromatic amines is 1. The number of aromatic nitrogens is 1. The molecular weight excluding hydrogens is 215 g/mol. The maximum absolute atomic E-state index is 13.2. The molecule has 0 saturated carbocycles. The minimum atomic E-state index is -0.174. The minimum Gasteiger partial charge on any atom is -0.358 e. The third-order valence-corrected chi connectivity index (χ3v) is 3.76. The highest BCUT2D eigenvalue weighted by Crippen LogP contribution is 2.30. The number of H-pyrrole nitrogens is 1. The first-order valence-electron chi connectivity index (χ1n) is 6.24. The van der Waals surface area contributed by atoms with Crippen LogP contribution in [0.5, 0.6) is 0 Å². The SMILES string of the molecule is Cc1c(C2CCCNC2)[nH]c2cc(F)ccc12. The summed E-state index contributed by atoms with van der Waals surface area (Å²) in [5.74, 6) is 0.367. The number of hydrogen-bond acceptors (Lipinski definition) is 1. The molecule has 90 valence electrons. The molecule has 1 aromatic heterocycles. The Hall–Kier alpha value is -1.35. The lowest BCUT2D eigenvalue weighted by molar-refractivity contribution is 0.455. The van der Waals surface area contributed by atoms with Crippen LogP contribution in [0.3, 0.4) is 0 Å². The van der Waals surface area contributed by atoms with E-state index in [9.17, 15) is 4.39 Å². The average molecular weight is 232 g/mol. The maximum Gasteiger partial charge on any atom is 0.125 e. The Balaban J connectivity index is 2.07. The molecule has 2 aromatic rings. The van der Waals surface area contributed by atoms with E-state index in [2.05, 4.69) is 17.2 Å². The zero-order valence-corrected chi connectivity index (χ0v) is 10.0. The number of hydrogen-bond donors (Lipinski definition) is 2. The summed E-state index contributed by atoms with van der Waals surface area (Å²) in [6.07, 6.45) is 2.43. The molecule has 0 spiro atoms. The van der Waals surface area contributed by atoms with Crippen LogP contribution < -0.4 is 5.32 Å². The van der Waals surface area contributed by atoms with E-state index in [1.54, 1.807) is 6.07 Å². The Kier molecular flexibility index (Phi) is 2.63. The third-order valence-electron chi connectivity index (χ3n) is 3.76. The van der Waals surface area contributed by atoms with E-state index in [-0.39, 0.29) is 5.82 Å². The average Bonchev–Trinajstić information content (AvgIpc) is 2.67. The summed E-state index contributed by atoms with van der Waals surface area (Å²) in [6.45, 7) is 4.27. The smallest absolute Gasteiger partial charge is 0.125 e. The molecule has 0 aliphatic carbocycles. The Morgan fingerprint density at radius 1 is 1.35 bits per heavy atom. The predicted molar refractivity (Wildman–Crippen MR) is 67.8 cm³/mol. The van der Waals surface area contributed by atoms with Gasteiger partial charge < -0.3 is 10.3 Å². The molecule has 1 aromatic carbocycles.